The zero-order valence-corrected chi connectivity index (χ0v) is 23.5. The molecule has 2 fully saturated rings. The zero-order chi connectivity index (χ0) is 26.9. The summed E-state index contributed by atoms with van der Waals surface area (Å²) in [5.41, 5.74) is 4.89. The van der Waals surface area contributed by atoms with Crippen molar-refractivity contribution in [1.29, 1.82) is 0 Å². The van der Waals surface area contributed by atoms with E-state index in [9.17, 15) is 4.79 Å². The molecule has 2 aliphatic rings. The van der Waals surface area contributed by atoms with Crippen molar-refractivity contribution in [1.82, 2.24) is 34.5 Å². The highest BCUT2D eigenvalue weighted by atomic mass is 32.2. The maximum Gasteiger partial charge on any atom is 0.295 e. The van der Waals surface area contributed by atoms with Gasteiger partial charge in [0.25, 0.3) is 5.56 Å². The zero-order valence-electron chi connectivity index (χ0n) is 22.7. The first-order valence-electron chi connectivity index (χ1n) is 14.1. The Morgan fingerprint density at radius 3 is 2.26 bits per heavy atom. The minimum atomic E-state index is -0.173. The van der Waals surface area contributed by atoms with Gasteiger partial charge in [-0.2, -0.15) is 0 Å². The average Bonchev–Trinajstić information content (AvgIpc) is 3.88. The molecule has 0 bridgehead atoms. The number of hydrogen-bond donors (Lipinski definition) is 1. The van der Waals surface area contributed by atoms with Crippen LogP contribution in [0, 0.1) is 0 Å². The summed E-state index contributed by atoms with van der Waals surface area (Å²) in [5.74, 6) is 2.77. The summed E-state index contributed by atoms with van der Waals surface area (Å²) in [5, 5.41) is 3.24. The Kier molecular flexibility index (Phi) is 7.29. The second kappa shape index (κ2) is 11.0. The Morgan fingerprint density at radius 1 is 0.949 bits per heavy atom. The van der Waals surface area contributed by atoms with Crippen LogP contribution in [0.5, 0.6) is 0 Å². The van der Waals surface area contributed by atoms with Gasteiger partial charge in [0.15, 0.2) is 17.3 Å². The molecule has 0 spiro atoms. The molecule has 0 amide bonds. The summed E-state index contributed by atoms with van der Waals surface area (Å²) in [6.07, 6.45) is 11.4. The van der Waals surface area contributed by atoms with Crippen molar-refractivity contribution >= 4 is 28.7 Å². The van der Waals surface area contributed by atoms with Crippen LogP contribution in [-0.4, -0.2) is 40.2 Å². The molecule has 0 atom stereocenters. The van der Waals surface area contributed by atoms with E-state index in [1.165, 1.54) is 0 Å². The van der Waals surface area contributed by atoms with E-state index in [0.717, 1.165) is 71.8 Å². The van der Waals surface area contributed by atoms with Crippen molar-refractivity contribution in [3.05, 3.63) is 58.3 Å². The van der Waals surface area contributed by atoms with Crippen molar-refractivity contribution in [3.8, 4) is 11.4 Å². The van der Waals surface area contributed by atoms with E-state index in [2.05, 4.69) is 47.1 Å². The number of aromatic nitrogens is 7. The Bertz CT molecular complexity index is 1510. The predicted octanol–water partition coefficient (Wildman–Crippen LogP) is 5.88. The van der Waals surface area contributed by atoms with Gasteiger partial charge in [-0.1, -0.05) is 20.8 Å². The number of thioether (sulfide) groups is 1. The number of rotatable bonds is 11. The van der Waals surface area contributed by atoms with Crippen LogP contribution >= 0.6 is 11.8 Å². The molecule has 202 valence electrons. The van der Waals surface area contributed by atoms with Crippen LogP contribution in [0.3, 0.4) is 0 Å². The normalized spacial score (nSPS) is 15.3. The molecule has 39 heavy (non-hydrogen) atoms. The van der Waals surface area contributed by atoms with Crippen LogP contribution in [-0.2, 0) is 6.54 Å². The van der Waals surface area contributed by atoms with Gasteiger partial charge in [-0.15, -0.1) is 11.8 Å². The third-order valence-corrected chi connectivity index (χ3v) is 8.41. The van der Waals surface area contributed by atoms with Gasteiger partial charge in [0.2, 0.25) is 0 Å². The van der Waals surface area contributed by atoms with Gasteiger partial charge in [-0.25, -0.2) is 24.9 Å². The van der Waals surface area contributed by atoms with Crippen LogP contribution < -0.4 is 10.9 Å². The van der Waals surface area contributed by atoms with Crippen molar-refractivity contribution < 1.29 is 0 Å². The van der Waals surface area contributed by atoms with Crippen LogP contribution in [0.15, 0.2) is 40.5 Å². The third kappa shape index (κ3) is 5.26. The Hall–Kier alpha value is -3.40. The SMILES string of the molecule is CCSc1ccc(CNc2nc3cnc(-c4c(C5CC5)ncnc4C4CC4)nc3n(C(CC)CC)c2=O)nc1. The number of anilines is 1. The minimum absolute atomic E-state index is 0.00685. The molecule has 10 heteroatoms. The second-order valence-corrected chi connectivity index (χ2v) is 11.7. The lowest BCUT2D eigenvalue weighted by Crippen LogP contribution is -2.29. The minimum Gasteiger partial charge on any atom is -0.360 e. The summed E-state index contributed by atoms with van der Waals surface area (Å²) in [7, 11) is 0. The van der Waals surface area contributed by atoms with Gasteiger partial charge in [0.05, 0.1) is 35.4 Å². The molecule has 6 rings (SSSR count). The van der Waals surface area contributed by atoms with E-state index >= 15 is 0 Å². The van der Waals surface area contributed by atoms with Crippen molar-refractivity contribution in [3.63, 3.8) is 0 Å². The average molecular weight is 543 g/mol. The summed E-state index contributed by atoms with van der Waals surface area (Å²) in [6, 6.07) is 4.04. The Labute approximate surface area is 232 Å². The first-order valence-corrected chi connectivity index (χ1v) is 15.1. The number of hydrogen-bond acceptors (Lipinski definition) is 9. The molecule has 0 aromatic carbocycles. The van der Waals surface area contributed by atoms with Crippen LogP contribution in [0.1, 0.15) is 94.3 Å². The van der Waals surface area contributed by atoms with E-state index in [-0.39, 0.29) is 11.6 Å². The van der Waals surface area contributed by atoms with Crippen molar-refractivity contribution in [2.75, 3.05) is 11.1 Å². The fourth-order valence-electron chi connectivity index (χ4n) is 5.15. The monoisotopic (exact) mass is 542 g/mol. The van der Waals surface area contributed by atoms with Crippen LogP contribution in [0.25, 0.3) is 22.6 Å². The fraction of sp³-hybridized carbons (Fsp3) is 0.483. The molecule has 0 unspecified atom stereocenters. The third-order valence-electron chi connectivity index (χ3n) is 7.54. The van der Waals surface area contributed by atoms with E-state index in [1.54, 1.807) is 24.3 Å². The number of pyridine rings is 1. The van der Waals surface area contributed by atoms with Crippen LogP contribution in [0.4, 0.5) is 5.82 Å². The lowest BCUT2D eigenvalue weighted by Gasteiger charge is -2.20. The quantitative estimate of drug-likeness (QED) is 0.232. The molecule has 4 aromatic rings. The lowest BCUT2D eigenvalue weighted by atomic mass is 10.0. The molecular formula is C29H34N8OS. The van der Waals surface area contributed by atoms with E-state index in [0.29, 0.717) is 41.2 Å². The highest BCUT2D eigenvalue weighted by Gasteiger charge is 2.35. The summed E-state index contributed by atoms with van der Waals surface area (Å²) in [6.45, 7) is 6.73. The highest BCUT2D eigenvalue weighted by Crippen LogP contribution is 2.48. The fourth-order valence-corrected chi connectivity index (χ4v) is 5.77. The first-order chi connectivity index (χ1) is 19.1. The van der Waals surface area contributed by atoms with E-state index in [1.807, 2.05) is 16.8 Å². The van der Waals surface area contributed by atoms with E-state index in [4.69, 9.17) is 15.0 Å². The standard InChI is InChI=1S/C29H34N8OS/c1-4-20(5-2)37-28-22(35-27(29(37)38)31-13-19-11-12-21(14-30-19)39-6-3)15-32-26(36-28)23-24(17-7-8-17)33-16-34-25(23)18-9-10-18/h11-12,14-18,20H,4-10,13H2,1-3H3,(H,31,35). The largest absolute Gasteiger partial charge is 0.360 e. The molecular weight excluding hydrogens is 508 g/mol. The summed E-state index contributed by atoms with van der Waals surface area (Å²) < 4.78 is 1.81. The predicted molar refractivity (Wildman–Crippen MR) is 154 cm³/mol. The molecule has 0 radical (unpaired) electrons. The summed E-state index contributed by atoms with van der Waals surface area (Å²) >= 11 is 1.75. The van der Waals surface area contributed by atoms with Crippen molar-refractivity contribution in [2.24, 2.45) is 0 Å². The topological polar surface area (TPSA) is 111 Å². The maximum atomic E-state index is 13.8. The van der Waals surface area contributed by atoms with Crippen LogP contribution in [0.2, 0.25) is 0 Å². The molecule has 9 nitrogen and oxygen atoms in total. The Balaban J connectivity index is 1.42. The van der Waals surface area contributed by atoms with Gasteiger partial charge in [-0.05, 0) is 56.4 Å². The maximum absolute atomic E-state index is 13.8. The highest BCUT2D eigenvalue weighted by molar-refractivity contribution is 7.99. The van der Waals surface area contributed by atoms with E-state index < -0.39 is 0 Å². The van der Waals surface area contributed by atoms with Gasteiger partial charge in [0.1, 0.15) is 11.8 Å². The number of fused-ring (bicyclic) bond motifs is 1. The molecule has 1 N–H and O–H groups in total. The van der Waals surface area contributed by atoms with Gasteiger partial charge < -0.3 is 5.32 Å². The molecule has 0 saturated heterocycles. The lowest BCUT2D eigenvalue weighted by molar-refractivity contribution is 0.469. The van der Waals surface area contributed by atoms with Crippen molar-refractivity contribution in [2.45, 2.75) is 88.6 Å². The molecule has 0 aliphatic heterocycles. The molecule has 4 heterocycles. The smallest absolute Gasteiger partial charge is 0.295 e. The first kappa shape index (κ1) is 25.9. The molecule has 4 aromatic heterocycles. The number of nitrogens with one attached hydrogen (secondary N) is 1. The second-order valence-electron chi connectivity index (χ2n) is 10.3. The number of nitrogens with zero attached hydrogens (tertiary/aromatic N) is 7. The van der Waals surface area contributed by atoms with Gasteiger partial charge in [0, 0.05) is 29.0 Å². The van der Waals surface area contributed by atoms with Gasteiger partial charge in [-0.3, -0.25) is 14.3 Å². The molecule has 2 aliphatic carbocycles. The summed E-state index contributed by atoms with van der Waals surface area (Å²) in [4.78, 5) is 43.3. The Morgan fingerprint density at radius 2 is 1.67 bits per heavy atom. The molecule has 2 saturated carbocycles. The van der Waals surface area contributed by atoms with Gasteiger partial charge >= 0.3 is 0 Å².